The van der Waals surface area contributed by atoms with Crippen LogP contribution in [0.5, 0.6) is 0 Å². The lowest BCUT2D eigenvalue weighted by Gasteiger charge is -2.32. The van der Waals surface area contributed by atoms with E-state index >= 15 is 0 Å². The zero-order valence-corrected chi connectivity index (χ0v) is 13.1. The van der Waals surface area contributed by atoms with E-state index in [0.717, 1.165) is 19.4 Å². The fourth-order valence-corrected chi connectivity index (χ4v) is 3.13. The van der Waals surface area contributed by atoms with Gasteiger partial charge in [-0.1, -0.05) is 20.8 Å². The van der Waals surface area contributed by atoms with Gasteiger partial charge in [-0.2, -0.15) is 0 Å². The number of rotatable bonds is 3. The summed E-state index contributed by atoms with van der Waals surface area (Å²) in [7, 11) is 0. The Morgan fingerprint density at radius 2 is 2.10 bits per heavy atom. The first-order chi connectivity index (χ1) is 9.79. The van der Waals surface area contributed by atoms with Crippen LogP contribution in [0.15, 0.2) is 0 Å². The average Bonchev–Trinajstić information content (AvgIpc) is 2.76. The lowest BCUT2D eigenvalue weighted by atomic mass is 9.92. The number of carboxylic acids is 1. The quantitative estimate of drug-likeness (QED) is 0.829. The summed E-state index contributed by atoms with van der Waals surface area (Å²) in [6, 6.07) is -0.802. The molecule has 21 heavy (non-hydrogen) atoms. The Hall–Kier alpha value is -1.30. The van der Waals surface area contributed by atoms with Crippen molar-refractivity contribution in [1.29, 1.82) is 0 Å². The van der Waals surface area contributed by atoms with Crippen LogP contribution in [0.25, 0.3) is 0 Å². The van der Waals surface area contributed by atoms with Gasteiger partial charge in [0, 0.05) is 6.54 Å². The second kappa shape index (κ2) is 6.22. The van der Waals surface area contributed by atoms with E-state index in [-0.39, 0.29) is 17.4 Å². The monoisotopic (exact) mass is 298 g/mol. The Morgan fingerprint density at radius 1 is 1.38 bits per heavy atom. The van der Waals surface area contributed by atoms with E-state index in [1.807, 2.05) is 0 Å². The molecule has 6 heteroatoms. The number of hydrogen-bond donors (Lipinski definition) is 2. The van der Waals surface area contributed by atoms with Crippen molar-refractivity contribution in [1.82, 2.24) is 10.2 Å². The minimum absolute atomic E-state index is 0.0537. The first-order valence-electron chi connectivity index (χ1n) is 7.68. The van der Waals surface area contributed by atoms with Crippen molar-refractivity contribution in [3.8, 4) is 0 Å². The minimum atomic E-state index is -0.933. The highest BCUT2D eigenvalue weighted by molar-refractivity contribution is 5.81. The van der Waals surface area contributed by atoms with Crippen LogP contribution >= 0.6 is 0 Å². The number of carbonyl (C=O) groups is 2. The Bertz CT molecular complexity index is 405. The van der Waals surface area contributed by atoms with E-state index in [9.17, 15) is 14.7 Å². The first-order valence-corrected chi connectivity index (χ1v) is 7.68. The third kappa shape index (κ3) is 3.87. The van der Waals surface area contributed by atoms with Crippen LogP contribution < -0.4 is 5.32 Å². The van der Waals surface area contributed by atoms with E-state index in [1.54, 1.807) is 0 Å². The third-order valence-electron chi connectivity index (χ3n) is 4.38. The van der Waals surface area contributed by atoms with Crippen LogP contribution in [-0.4, -0.2) is 53.8 Å². The molecule has 0 radical (unpaired) electrons. The molecule has 2 saturated heterocycles. The largest absolute Gasteiger partial charge is 0.480 e. The van der Waals surface area contributed by atoms with Gasteiger partial charge in [0.1, 0.15) is 6.04 Å². The minimum Gasteiger partial charge on any atom is -0.480 e. The number of hydrogen-bond acceptors (Lipinski definition) is 4. The molecular weight excluding hydrogens is 272 g/mol. The summed E-state index contributed by atoms with van der Waals surface area (Å²) in [6.07, 6.45) is 1.73. The molecule has 2 rings (SSSR count). The Morgan fingerprint density at radius 3 is 2.71 bits per heavy atom. The number of amides is 1. The first kappa shape index (κ1) is 16.1. The van der Waals surface area contributed by atoms with Crippen LogP contribution in [-0.2, 0) is 9.53 Å². The predicted molar refractivity (Wildman–Crippen MR) is 78.1 cm³/mol. The summed E-state index contributed by atoms with van der Waals surface area (Å²) >= 11 is 0. The molecule has 1 amide bonds. The summed E-state index contributed by atoms with van der Waals surface area (Å²) in [4.78, 5) is 25.2. The average molecular weight is 298 g/mol. The topological polar surface area (TPSA) is 78.9 Å². The van der Waals surface area contributed by atoms with Crippen LogP contribution in [0, 0.1) is 11.3 Å². The maximum Gasteiger partial charge on any atom is 0.410 e. The highest BCUT2D eigenvalue weighted by Gasteiger charge is 2.48. The number of fused-ring (bicyclic) bond motifs is 1. The van der Waals surface area contributed by atoms with Crippen LogP contribution in [0.1, 0.15) is 40.0 Å². The highest BCUT2D eigenvalue weighted by Crippen LogP contribution is 2.34. The molecule has 0 aromatic heterocycles. The zero-order chi connectivity index (χ0) is 15.6. The lowest BCUT2D eigenvalue weighted by Crippen LogP contribution is -2.51. The lowest BCUT2D eigenvalue weighted by molar-refractivity contribution is -0.142. The number of piperidine rings is 1. The molecule has 2 aliphatic heterocycles. The third-order valence-corrected chi connectivity index (χ3v) is 4.38. The summed E-state index contributed by atoms with van der Waals surface area (Å²) < 4.78 is 5.33. The molecule has 0 saturated carbocycles. The van der Waals surface area contributed by atoms with Gasteiger partial charge in [0.25, 0.3) is 0 Å². The van der Waals surface area contributed by atoms with Gasteiger partial charge in [0.15, 0.2) is 0 Å². The summed E-state index contributed by atoms with van der Waals surface area (Å²) in [5, 5.41) is 12.6. The molecule has 2 fully saturated rings. The number of aliphatic carboxylic acids is 1. The predicted octanol–water partition coefficient (Wildman–Crippen LogP) is 1.70. The van der Waals surface area contributed by atoms with Crippen LogP contribution in [0.4, 0.5) is 4.79 Å². The number of ether oxygens (including phenoxy) is 1. The maximum atomic E-state index is 12.3. The van der Waals surface area contributed by atoms with E-state index < -0.39 is 18.1 Å². The molecule has 120 valence electrons. The molecule has 0 unspecified atom stereocenters. The van der Waals surface area contributed by atoms with Crippen molar-refractivity contribution in [3.63, 3.8) is 0 Å². The fraction of sp³-hybridized carbons (Fsp3) is 0.867. The molecule has 2 N–H and O–H groups in total. The molecule has 0 spiro atoms. The molecule has 6 nitrogen and oxygen atoms in total. The van der Waals surface area contributed by atoms with Gasteiger partial charge in [0.2, 0.25) is 0 Å². The second-order valence-electron chi connectivity index (χ2n) is 7.24. The highest BCUT2D eigenvalue weighted by atomic mass is 16.6. The van der Waals surface area contributed by atoms with Gasteiger partial charge < -0.3 is 15.2 Å². The van der Waals surface area contributed by atoms with Crippen LogP contribution in [0.3, 0.4) is 0 Å². The molecule has 0 aliphatic carbocycles. The van der Waals surface area contributed by atoms with Crippen molar-refractivity contribution in [2.75, 3.05) is 19.7 Å². The molecule has 2 aliphatic rings. The van der Waals surface area contributed by atoms with Gasteiger partial charge in [-0.25, -0.2) is 9.59 Å². The van der Waals surface area contributed by atoms with Crippen molar-refractivity contribution in [3.05, 3.63) is 0 Å². The number of nitrogens with zero attached hydrogens (tertiary/aromatic N) is 1. The molecule has 3 atom stereocenters. The van der Waals surface area contributed by atoms with Crippen molar-refractivity contribution in [2.24, 2.45) is 11.3 Å². The van der Waals surface area contributed by atoms with Crippen molar-refractivity contribution < 1.29 is 19.4 Å². The van der Waals surface area contributed by atoms with E-state index in [2.05, 4.69) is 26.1 Å². The van der Waals surface area contributed by atoms with E-state index in [1.165, 1.54) is 4.90 Å². The van der Waals surface area contributed by atoms with Crippen molar-refractivity contribution in [2.45, 2.75) is 52.1 Å². The standard InChI is InChI=1S/C15H26N2O4/c1-15(2,3)5-7-21-14(20)17-11(13(18)19)8-10-4-6-16-9-12(10)17/h10-12,16H,4-9H2,1-3H3,(H,18,19)/t10-,11+,12-/m1/s1. The fourth-order valence-electron chi connectivity index (χ4n) is 3.13. The molecular formula is C15H26N2O4. The Kier molecular flexibility index (Phi) is 4.76. The number of carbonyl (C=O) groups excluding carboxylic acids is 1. The second-order valence-corrected chi connectivity index (χ2v) is 7.24. The van der Waals surface area contributed by atoms with E-state index in [0.29, 0.717) is 19.6 Å². The maximum absolute atomic E-state index is 12.3. The Balaban J connectivity index is 2.00. The van der Waals surface area contributed by atoms with Gasteiger partial charge in [-0.15, -0.1) is 0 Å². The van der Waals surface area contributed by atoms with E-state index in [4.69, 9.17) is 4.74 Å². The van der Waals surface area contributed by atoms with Crippen LogP contribution in [0.2, 0.25) is 0 Å². The van der Waals surface area contributed by atoms with Crippen molar-refractivity contribution >= 4 is 12.1 Å². The molecule has 0 aromatic carbocycles. The normalized spacial score (nSPS) is 29.1. The number of likely N-dealkylation sites (tertiary alicyclic amines) is 1. The summed E-state index contributed by atoms with van der Waals surface area (Å²) in [5.74, 6) is -0.667. The van der Waals surface area contributed by atoms with Gasteiger partial charge >= 0.3 is 12.1 Å². The number of nitrogens with one attached hydrogen (secondary N) is 1. The smallest absolute Gasteiger partial charge is 0.410 e. The summed E-state index contributed by atoms with van der Waals surface area (Å²) in [6.45, 7) is 8.12. The molecule has 0 aromatic rings. The van der Waals surface area contributed by atoms with Gasteiger partial charge in [-0.3, -0.25) is 4.90 Å². The van der Waals surface area contributed by atoms with Gasteiger partial charge in [0.05, 0.1) is 12.6 Å². The number of carboxylic acid groups (broad SMARTS) is 1. The zero-order valence-electron chi connectivity index (χ0n) is 13.1. The summed E-state index contributed by atoms with van der Waals surface area (Å²) in [5.41, 5.74) is 0.0897. The van der Waals surface area contributed by atoms with Gasteiger partial charge in [-0.05, 0) is 37.1 Å². The SMILES string of the molecule is CC(C)(C)CCOC(=O)N1[C@@H]2CNCC[C@@H]2C[C@H]1C(=O)O. The Labute approximate surface area is 125 Å². The molecule has 2 heterocycles. The molecule has 0 bridgehead atoms.